The van der Waals surface area contributed by atoms with E-state index in [9.17, 15) is 36.2 Å². The van der Waals surface area contributed by atoms with Gasteiger partial charge in [-0.25, -0.2) is 23.1 Å². The van der Waals surface area contributed by atoms with Gasteiger partial charge in [0.1, 0.15) is 18.5 Å². The van der Waals surface area contributed by atoms with Crippen LogP contribution in [0.4, 0.5) is 32.2 Å². The summed E-state index contributed by atoms with van der Waals surface area (Å²) in [5.74, 6) is -2.03. The van der Waals surface area contributed by atoms with Crippen molar-refractivity contribution in [2.24, 2.45) is 5.41 Å². The molecule has 0 radical (unpaired) electrons. The van der Waals surface area contributed by atoms with Crippen molar-refractivity contribution < 1.29 is 41.0 Å². The number of halogens is 6. The number of nitrogens with zero attached hydrogens (tertiary/aromatic N) is 3. The number of alkyl halides is 5. The van der Waals surface area contributed by atoms with E-state index in [2.05, 4.69) is 20.0 Å². The van der Waals surface area contributed by atoms with E-state index in [0.717, 1.165) is 11.2 Å². The van der Waals surface area contributed by atoms with Crippen molar-refractivity contribution >= 4 is 11.7 Å². The molecule has 3 atom stereocenters. The van der Waals surface area contributed by atoms with Crippen LogP contribution in [0.15, 0.2) is 6.33 Å². The van der Waals surface area contributed by atoms with Crippen LogP contribution in [-0.2, 0) is 14.9 Å². The summed E-state index contributed by atoms with van der Waals surface area (Å²) in [6.07, 6.45) is -7.20. The summed E-state index contributed by atoms with van der Waals surface area (Å²) in [6.45, 7) is 0.247. The van der Waals surface area contributed by atoms with Gasteiger partial charge in [0.15, 0.2) is 11.6 Å². The van der Waals surface area contributed by atoms with Crippen molar-refractivity contribution in [3.8, 4) is 0 Å². The van der Waals surface area contributed by atoms with Crippen LogP contribution < -0.4 is 5.32 Å². The van der Waals surface area contributed by atoms with E-state index in [1.807, 2.05) is 0 Å². The Labute approximate surface area is 172 Å². The van der Waals surface area contributed by atoms with Crippen molar-refractivity contribution in [2.45, 2.75) is 62.6 Å². The Morgan fingerprint density at radius 1 is 1.35 bits per heavy atom. The zero-order chi connectivity index (χ0) is 22.8. The maximum atomic E-state index is 15.0. The smallest absolute Gasteiger partial charge is 0.394 e. The molecule has 2 bridgehead atoms. The molecular formula is C18H20F6N4O3. The Bertz CT molecular complexity index is 863. The van der Waals surface area contributed by atoms with Crippen molar-refractivity contribution in [1.82, 2.24) is 14.9 Å². The Hall–Kier alpha value is -2.15. The predicted molar refractivity (Wildman–Crippen MR) is 92.6 cm³/mol. The number of hydrogen-bond acceptors (Lipinski definition) is 6. The summed E-state index contributed by atoms with van der Waals surface area (Å²) < 4.78 is 82.1. The number of likely N-dealkylation sites (tertiary alicyclic amines) is 1. The molecule has 0 unspecified atom stereocenters. The second-order valence-corrected chi connectivity index (χ2v) is 8.57. The minimum absolute atomic E-state index is 0.0207. The lowest BCUT2D eigenvalue weighted by molar-refractivity contribution is -0.359. The normalized spacial score (nSPS) is 32.7. The number of nitrogens with one attached hydrogen (secondary N) is 1. The third-order valence-electron chi connectivity index (χ3n) is 6.59. The topological polar surface area (TPSA) is 87.6 Å². The van der Waals surface area contributed by atoms with Crippen LogP contribution >= 0.6 is 0 Å². The molecule has 1 aliphatic heterocycles. The van der Waals surface area contributed by atoms with E-state index < -0.39 is 60.1 Å². The molecule has 13 heteroatoms. The molecule has 7 nitrogen and oxygen atoms in total. The molecule has 1 amide bonds. The Balaban J connectivity index is 1.43. The number of anilines is 1. The summed E-state index contributed by atoms with van der Waals surface area (Å²) in [5, 5.41) is 12.0. The predicted octanol–water partition coefficient (Wildman–Crippen LogP) is 2.21. The number of hydrogen-bond donors (Lipinski definition) is 2. The van der Waals surface area contributed by atoms with Gasteiger partial charge < -0.3 is 15.3 Å². The number of carbonyl (C=O) groups is 1. The molecule has 1 aromatic heterocycles. The number of aliphatic hydroxyl groups excluding tert-OH is 1. The molecule has 5 rings (SSSR count). The van der Waals surface area contributed by atoms with Gasteiger partial charge in [0, 0.05) is 17.4 Å². The first-order valence-corrected chi connectivity index (χ1v) is 9.63. The summed E-state index contributed by atoms with van der Waals surface area (Å²) in [6, 6.07) is -2.27. The fourth-order valence-electron chi connectivity index (χ4n) is 4.91. The Morgan fingerprint density at radius 2 is 2.00 bits per heavy atom. The van der Waals surface area contributed by atoms with Gasteiger partial charge in [-0.1, -0.05) is 0 Å². The number of rotatable bonds is 7. The average Bonchev–Trinajstić information content (AvgIpc) is 2.61. The summed E-state index contributed by atoms with van der Waals surface area (Å²) in [7, 11) is 0. The Kier molecular flexibility index (Phi) is 5.11. The molecule has 1 aromatic rings. The van der Waals surface area contributed by atoms with Crippen LogP contribution in [0.2, 0.25) is 0 Å². The van der Waals surface area contributed by atoms with Crippen molar-refractivity contribution in [2.75, 3.05) is 18.5 Å². The third kappa shape index (κ3) is 3.51. The number of ether oxygens (including phenoxy) is 1. The highest BCUT2D eigenvalue weighted by atomic mass is 19.4. The molecular weight excluding hydrogens is 434 g/mol. The second-order valence-electron chi connectivity index (χ2n) is 8.57. The maximum absolute atomic E-state index is 15.0. The van der Waals surface area contributed by atoms with E-state index in [4.69, 9.17) is 0 Å². The van der Waals surface area contributed by atoms with Gasteiger partial charge >= 0.3 is 6.36 Å². The van der Waals surface area contributed by atoms with Gasteiger partial charge in [-0.2, -0.15) is 0 Å². The molecule has 0 spiro atoms. The second kappa shape index (κ2) is 7.19. The summed E-state index contributed by atoms with van der Waals surface area (Å²) in [4.78, 5) is 21.3. The molecule has 1 saturated heterocycles. The minimum atomic E-state index is -4.84. The number of aromatic nitrogens is 2. The van der Waals surface area contributed by atoms with Crippen molar-refractivity contribution in [3.05, 3.63) is 17.8 Å². The van der Waals surface area contributed by atoms with Crippen LogP contribution in [0.1, 0.15) is 31.9 Å². The fraction of sp³-hybridized carbons (Fsp3) is 0.722. The van der Waals surface area contributed by atoms with Gasteiger partial charge in [0.2, 0.25) is 12.3 Å². The number of aliphatic hydroxyl groups is 1. The molecule has 4 fully saturated rings. The van der Waals surface area contributed by atoms with Gasteiger partial charge in [-0.3, -0.25) is 9.53 Å². The monoisotopic (exact) mass is 454 g/mol. The van der Waals surface area contributed by atoms with Crippen LogP contribution in [0, 0.1) is 11.2 Å². The zero-order valence-corrected chi connectivity index (χ0v) is 16.3. The average molecular weight is 454 g/mol. The van der Waals surface area contributed by atoms with Crippen LogP contribution in [0.5, 0.6) is 0 Å². The lowest BCUT2D eigenvalue weighted by atomic mass is 9.34. The SMILES string of the molecule is C[C@H]1[C@@H](OC(F)(F)F)CN1C(=O)[C@@H](CO)Nc1ncnc(C23CC(C(F)F)(C2)C3)c1F. The highest BCUT2D eigenvalue weighted by Crippen LogP contribution is 2.75. The van der Waals surface area contributed by atoms with E-state index in [0.29, 0.717) is 0 Å². The molecule has 0 aromatic carbocycles. The van der Waals surface area contributed by atoms with E-state index >= 15 is 0 Å². The maximum Gasteiger partial charge on any atom is 0.522 e. The minimum Gasteiger partial charge on any atom is -0.394 e. The molecule has 172 valence electrons. The van der Waals surface area contributed by atoms with Crippen molar-refractivity contribution in [1.29, 1.82) is 0 Å². The molecule has 4 aliphatic rings. The van der Waals surface area contributed by atoms with Gasteiger partial charge in [-0.15, -0.1) is 13.2 Å². The molecule has 31 heavy (non-hydrogen) atoms. The largest absolute Gasteiger partial charge is 0.522 e. The first-order chi connectivity index (χ1) is 14.4. The van der Waals surface area contributed by atoms with Crippen molar-refractivity contribution in [3.63, 3.8) is 0 Å². The number of carbonyl (C=O) groups excluding carboxylic acids is 1. The van der Waals surface area contributed by atoms with Gasteiger partial charge in [0.05, 0.1) is 18.3 Å². The lowest BCUT2D eigenvalue weighted by Gasteiger charge is -2.69. The first-order valence-electron chi connectivity index (χ1n) is 9.63. The van der Waals surface area contributed by atoms with Crippen LogP contribution in [0.3, 0.4) is 0 Å². The van der Waals surface area contributed by atoms with Gasteiger partial charge in [-0.05, 0) is 26.2 Å². The van der Waals surface area contributed by atoms with E-state index in [1.54, 1.807) is 0 Å². The van der Waals surface area contributed by atoms with Crippen LogP contribution in [0.25, 0.3) is 0 Å². The molecule has 3 saturated carbocycles. The highest BCUT2D eigenvalue weighted by Gasteiger charge is 2.73. The standard InChI is InChI=1S/C18H20F6N4O3/c1-8-10(31-18(22,23)24)2-28(8)14(30)9(3-29)27-13-11(19)12(25-7-26-13)16-4-17(5-16,6-16)15(20)21/h7-10,15,29H,2-6H2,1H3,(H,25,26,27)/t8-,9+,10-,16?,17?/m0/s1. The molecule has 2 heterocycles. The molecule has 2 N–H and O–H groups in total. The fourth-order valence-corrected chi connectivity index (χ4v) is 4.91. The zero-order valence-electron chi connectivity index (χ0n) is 16.3. The quantitative estimate of drug-likeness (QED) is 0.615. The first kappa shape index (κ1) is 22.1. The van der Waals surface area contributed by atoms with Crippen LogP contribution in [-0.4, -0.2) is 70.0 Å². The third-order valence-corrected chi connectivity index (χ3v) is 6.59. The summed E-state index contributed by atoms with van der Waals surface area (Å²) in [5.41, 5.74) is -1.89. The van der Waals surface area contributed by atoms with Gasteiger partial charge in [0.25, 0.3) is 0 Å². The lowest BCUT2D eigenvalue weighted by Crippen LogP contribution is -2.68. The molecule has 3 aliphatic carbocycles. The van der Waals surface area contributed by atoms with E-state index in [1.165, 1.54) is 6.92 Å². The highest BCUT2D eigenvalue weighted by molar-refractivity contribution is 5.85. The number of amides is 1. The summed E-state index contributed by atoms with van der Waals surface area (Å²) >= 11 is 0. The van der Waals surface area contributed by atoms with E-state index in [-0.39, 0.29) is 37.3 Å². The Morgan fingerprint density at radius 3 is 2.52 bits per heavy atom.